The maximum Gasteiger partial charge on any atom is 0.247 e. The van der Waals surface area contributed by atoms with Gasteiger partial charge in [0.2, 0.25) is 5.95 Å². The lowest BCUT2D eigenvalue weighted by Crippen LogP contribution is -2.39. The lowest BCUT2D eigenvalue weighted by molar-refractivity contribution is 0.145. The highest BCUT2D eigenvalue weighted by Crippen LogP contribution is 2.29. The van der Waals surface area contributed by atoms with Gasteiger partial charge in [-0.1, -0.05) is 36.3 Å². The van der Waals surface area contributed by atoms with E-state index in [1.807, 2.05) is 41.7 Å². The molecule has 0 spiro atoms. The summed E-state index contributed by atoms with van der Waals surface area (Å²) in [5.74, 6) is 1.51. The first-order valence-corrected chi connectivity index (χ1v) is 10.0. The molecule has 1 fully saturated rings. The van der Waals surface area contributed by atoms with Gasteiger partial charge in [-0.15, -0.1) is 11.3 Å². The summed E-state index contributed by atoms with van der Waals surface area (Å²) in [6.45, 7) is 5.44. The van der Waals surface area contributed by atoms with E-state index < -0.39 is 0 Å². The Morgan fingerprint density at radius 3 is 2.69 bits per heavy atom. The van der Waals surface area contributed by atoms with Crippen LogP contribution in [0.15, 0.2) is 47.8 Å². The number of rotatable bonds is 6. The summed E-state index contributed by atoms with van der Waals surface area (Å²) in [4.78, 5) is 3.99. The second-order valence-electron chi connectivity index (χ2n) is 6.88. The first-order chi connectivity index (χ1) is 12.8. The predicted molar refractivity (Wildman–Crippen MR) is 105 cm³/mol. The Labute approximate surface area is 157 Å². The molecular formula is C19H24N6S. The van der Waals surface area contributed by atoms with Crippen molar-refractivity contribution in [2.24, 2.45) is 5.92 Å². The summed E-state index contributed by atoms with van der Waals surface area (Å²) in [5, 5.41) is 17.8. The number of hydrogen-bond donors (Lipinski definition) is 1. The van der Waals surface area contributed by atoms with Crippen LogP contribution in [0.2, 0.25) is 0 Å². The monoisotopic (exact) mass is 368 g/mol. The third-order valence-electron chi connectivity index (χ3n) is 5.05. The van der Waals surface area contributed by atoms with Gasteiger partial charge >= 0.3 is 0 Å². The molecule has 3 heterocycles. The highest BCUT2D eigenvalue weighted by Gasteiger charge is 2.25. The van der Waals surface area contributed by atoms with E-state index in [-0.39, 0.29) is 0 Å². The van der Waals surface area contributed by atoms with Crippen LogP contribution in [0.5, 0.6) is 0 Å². The summed E-state index contributed by atoms with van der Waals surface area (Å²) >= 11 is 1.82. The van der Waals surface area contributed by atoms with Gasteiger partial charge in [-0.2, -0.15) is 4.68 Å². The van der Waals surface area contributed by atoms with Gasteiger partial charge in [0.15, 0.2) is 0 Å². The molecule has 3 aromatic rings. The topological polar surface area (TPSA) is 58.9 Å². The van der Waals surface area contributed by atoms with Crippen LogP contribution in [-0.4, -0.2) is 44.7 Å². The maximum absolute atomic E-state index is 4.18. The number of tetrazole rings is 1. The van der Waals surface area contributed by atoms with Crippen molar-refractivity contribution in [3.63, 3.8) is 0 Å². The van der Waals surface area contributed by atoms with Gasteiger partial charge in [-0.05, 0) is 65.9 Å². The minimum absolute atomic E-state index is 0.350. The van der Waals surface area contributed by atoms with Crippen molar-refractivity contribution in [3.8, 4) is 5.69 Å². The summed E-state index contributed by atoms with van der Waals surface area (Å²) < 4.78 is 1.75. The van der Waals surface area contributed by atoms with E-state index in [2.05, 4.69) is 50.2 Å². The summed E-state index contributed by atoms with van der Waals surface area (Å²) in [5.41, 5.74) is 0.958. The van der Waals surface area contributed by atoms with Crippen molar-refractivity contribution in [2.45, 2.75) is 25.8 Å². The Balaban J connectivity index is 1.50. The fourth-order valence-corrected chi connectivity index (χ4v) is 4.32. The molecule has 0 amide bonds. The average molecular weight is 369 g/mol. The SMILES string of the molecule is CC1CCN([C@H](CNc2nnnn2-c2ccccc2)c2cccs2)CC1. The zero-order chi connectivity index (χ0) is 17.8. The van der Waals surface area contributed by atoms with Crippen LogP contribution in [0.1, 0.15) is 30.7 Å². The van der Waals surface area contributed by atoms with Crippen molar-refractivity contribution in [1.29, 1.82) is 0 Å². The van der Waals surface area contributed by atoms with E-state index in [0.717, 1.165) is 31.2 Å². The Morgan fingerprint density at radius 1 is 1.15 bits per heavy atom. The van der Waals surface area contributed by atoms with Crippen LogP contribution in [0.25, 0.3) is 5.69 Å². The molecule has 6 nitrogen and oxygen atoms in total. The minimum atomic E-state index is 0.350. The van der Waals surface area contributed by atoms with Crippen LogP contribution in [0.4, 0.5) is 5.95 Å². The van der Waals surface area contributed by atoms with E-state index in [4.69, 9.17) is 0 Å². The van der Waals surface area contributed by atoms with Crippen molar-refractivity contribution in [2.75, 3.05) is 25.0 Å². The summed E-state index contributed by atoms with van der Waals surface area (Å²) in [6.07, 6.45) is 2.53. The van der Waals surface area contributed by atoms with Gasteiger partial charge in [0, 0.05) is 11.4 Å². The fraction of sp³-hybridized carbons (Fsp3) is 0.421. The van der Waals surface area contributed by atoms with E-state index >= 15 is 0 Å². The standard InChI is InChI=1S/C19H24N6S/c1-15-9-11-24(12-10-15)17(18-8-5-13-26-18)14-20-19-21-22-23-25(19)16-6-3-2-4-7-16/h2-8,13,15,17H,9-12,14H2,1H3,(H,20,21,23)/t17-/m1/s1. The molecule has 0 aliphatic carbocycles. The normalized spacial score (nSPS) is 17.3. The van der Waals surface area contributed by atoms with Gasteiger partial charge in [0.05, 0.1) is 11.7 Å². The Hall–Kier alpha value is -2.25. The zero-order valence-electron chi connectivity index (χ0n) is 15.0. The molecule has 136 valence electrons. The van der Waals surface area contributed by atoms with Gasteiger partial charge in [0.1, 0.15) is 0 Å². The first-order valence-electron chi connectivity index (χ1n) is 9.16. The number of anilines is 1. The zero-order valence-corrected chi connectivity index (χ0v) is 15.8. The van der Waals surface area contributed by atoms with Crippen LogP contribution in [0, 0.1) is 5.92 Å². The third-order valence-corrected chi connectivity index (χ3v) is 6.03. The van der Waals surface area contributed by atoms with Crippen molar-refractivity contribution >= 4 is 17.3 Å². The van der Waals surface area contributed by atoms with Crippen LogP contribution in [0.3, 0.4) is 0 Å². The van der Waals surface area contributed by atoms with E-state index in [9.17, 15) is 0 Å². The molecule has 1 aromatic carbocycles. The highest BCUT2D eigenvalue weighted by atomic mass is 32.1. The molecule has 1 saturated heterocycles. The van der Waals surface area contributed by atoms with Crippen molar-refractivity contribution in [1.82, 2.24) is 25.1 Å². The van der Waals surface area contributed by atoms with Gasteiger partial charge in [-0.3, -0.25) is 4.90 Å². The van der Waals surface area contributed by atoms with E-state index in [1.54, 1.807) is 4.68 Å². The molecule has 1 atom stereocenters. The summed E-state index contributed by atoms with van der Waals surface area (Å²) in [6, 6.07) is 14.7. The number of hydrogen-bond acceptors (Lipinski definition) is 6. The number of nitrogens with zero attached hydrogens (tertiary/aromatic N) is 5. The Bertz CT molecular complexity index is 793. The molecule has 4 rings (SSSR count). The molecule has 0 saturated carbocycles. The molecule has 1 aliphatic rings. The number of likely N-dealkylation sites (tertiary alicyclic amines) is 1. The van der Waals surface area contributed by atoms with Crippen LogP contribution >= 0.6 is 11.3 Å². The van der Waals surface area contributed by atoms with Crippen molar-refractivity contribution < 1.29 is 0 Å². The van der Waals surface area contributed by atoms with E-state index in [0.29, 0.717) is 12.0 Å². The smallest absolute Gasteiger partial charge is 0.247 e. The molecule has 7 heteroatoms. The predicted octanol–water partition coefficient (Wildman–Crippen LogP) is 3.61. The second-order valence-corrected chi connectivity index (χ2v) is 7.86. The van der Waals surface area contributed by atoms with Crippen LogP contribution < -0.4 is 5.32 Å². The van der Waals surface area contributed by atoms with Gasteiger partial charge in [-0.25, -0.2) is 0 Å². The number of aromatic nitrogens is 4. The number of thiophene rings is 1. The maximum atomic E-state index is 4.18. The number of para-hydroxylation sites is 1. The third kappa shape index (κ3) is 3.78. The van der Waals surface area contributed by atoms with Gasteiger partial charge < -0.3 is 5.32 Å². The Kier molecular flexibility index (Phi) is 5.26. The number of nitrogens with one attached hydrogen (secondary N) is 1. The molecular weight excluding hydrogens is 344 g/mol. The lowest BCUT2D eigenvalue weighted by Gasteiger charge is -2.36. The number of benzene rings is 1. The van der Waals surface area contributed by atoms with Crippen LogP contribution in [-0.2, 0) is 0 Å². The minimum Gasteiger partial charge on any atom is -0.351 e. The molecule has 1 N–H and O–H groups in total. The fourth-order valence-electron chi connectivity index (χ4n) is 3.46. The molecule has 1 aliphatic heterocycles. The van der Waals surface area contributed by atoms with Crippen molar-refractivity contribution in [3.05, 3.63) is 52.7 Å². The quantitative estimate of drug-likeness (QED) is 0.720. The highest BCUT2D eigenvalue weighted by molar-refractivity contribution is 7.10. The average Bonchev–Trinajstić information content (AvgIpc) is 3.36. The molecule has 0 radical (unpaired) electrons. The largest absolute Gasteiger partial charge is 0.351 e. The Morgan fingerprint density at radius 2 is 1.96 bits per heavy atom. The second kappa shape index (κ2) is 7.97. The molecule has 0 unspecified atom stereocenters. The van der Waals surface area contributed by atoms with Gasteiger partial charge in [0.25, 0.3) is 0 Å². The lowest BCUT2D eigenvalue weighted by atomic mass is 9.97. The number of piperidine rings is 1. The summed E-state index contributed by atoms with van der Waals surface area (Å²) in [7, 11) is 0. The van der Waals surface area contributed by atoms with E-state index in [1.165, 1.54) is 17.7 Å². The molecule has 2 aromatic heterocycles. The first kappa shape index (κ1) is 17.2. The molecule has 26 heavy (non-hydrogen) atoms. The molecule has 0 bridgehead atoms.